The summed E-state index contributed by atoms with van der Waals surface area (Å²) in [5.74, 6) is -0.0710. The van der Waals surface area contributed by atoms with Crippen LogP contribution < -0.4 is 5.32 Å². The molecular weight excluding hydrogens is 915 g/mol. The summed E-state index contributed by atoms with van der Waals surface area (Å²) >= 11 is 0. The van der Waals surface area contributed by atoms with Gasteiger partial charge in [-0.15, -0.1) is 0 Å². The van der Waals surface area contributed by atoms with Gasteiger partial charge in [-0.2, -0.15) is 0 Å². The minimum absolute atomic E-state index is 0.0710. The molecule has 0 aliphatic heterocycles. The van der Waals surface area contributed by atoms with Gasteiger partial charge in [0, 0.05) is 6.42 Å². The molecule has 0 radical (unpaired) electrons. The molecule has 3 N–H and O–H groups in total. The highest BCUT2D eigenvalue weighted by Crippen LogP contribution is 2.18. The third-order valence-corrected chi connectivity index (χ3v) is 16.0. The Morgan fingerprint density at radius 1 is 0.307 bits per heavy atom. The molecule has 4 nitrogen and oxygen atoms in total. The van der Waals surface area contributed by atoms with E-state index in [1.807, 2.05) is 6.08 Å². The van der Waals surface area contributed by atoms with Crippen LogP contribution in [0, 0.1) is 0 Å². The number of hydrogen-bond acceptors (Lipinski definition) is 3. The van der Waals surface area contributed by atoms with Gasteiger partial charge in [0.15, 0.2) is 0 Å². The fourth-order valence-corrected chi connectivity index (χ4v) is 10.8. The third-order valence-electron chi connectivity index (χ3n) is 16.0. The van der Waals surface area contributed by atoms with Crippen molar-refractivity contribution in [2.24, 2.45) is 0 Å². The SMILES string of the molecule is CCCCCCCCCC/C=C\CCCCCCCCCCCCCCCCCCCCCCCC(=O)NC(CO)C(O)/C=C/CC/C=C/CC/C=C/CCCCCCCCCCCCCCCCCCCCCC. The van der Waals surface area contributed by atoms with Crippen molar-refractivity contribution in [2.45, 2.75) is 392 Å². The largest absolute Gasteiger partial charge is 0.394 e. The second-order valence-corrected chi connectivity index (χ2v) is 23.6. The Bertz CT molecular complexity index is 1190. The summed E-state index contributed by atoms with van der Waals surface area (Å²) < 4.78 is 0. The van der Waals surface area contributed by atoms with Crippen molar-refractivity contribution >= 4 is 5.91 Å². The van der Waals surface area contributed by atoms with Crippen molar-refractivity contribution in [1.29, 1.82) is 0 Å². The zero-order valence-corrected chi connectivity index (χ0v) is 51.1. The summed E-state index contributed by atoms with van der Waals surface area (Å²) in [4.78, 5) is 12.5. The summed E-state index contributed by atoms with van der Waals surface area (Å²) in [5, 5.41) is 23.2. The van der Waals surface area contributed by atoms with Crippen molar-refractivity contribution in [3.63, 3.8) is 0 Å². The van der Waals surface area contributed by atoms with Gasteiger partial charge in [0.1, 0.15) is 0 Å². The molecule has 0 saturated carbocycles. The first kappa shape index (κ1) is 73.3. The first-order valence-electron chi connectivity index (χ1n) is 34.4. The lowest BCUT2D eigenvalue weighted by Crippen LogP contribution is -2.45. The van der Waals surface area contributed by atoms with Gasteiger partial charge >= 0.3 is 0 Å². The fraction of sp³-hybridized carbons (Fsp3) is 0.873. The van der Waals surface area contributed by atoms with Gasteiger partial charge < -0.3 is 15.5 Å². The van der Waals surface area contributed by atoms with E-state index in [0.29, 0.717) is 6.42 Å². The van der Waals surface area contributed by atoms with Gasteiger partial charge in [0.25, 0.3) is 0 Å². The number of unbranched alkanes of at least 4 members (excludes halogenated alkanes) is 51. The predicted molar refractivity (Wildman–Crippen MR) is 336 cm³/mol. The number of aliphatic hydroxyl groups is 2. The third kappa shape index (κ3) is 63.1. The molecule has 75 heavy (non-hydrogen) atoms. The molecular formula is C71H135NO3. The summed E-state index contributed by atoms with van der Waals surface area (Å²) in [6.07, 6.45) is 93.4. The maximum atomic E-state index is 12.5. The molecule has 0 aliphatic rings. The lowest BCUT2D eigenvalue weighted by atomic mass is 10.0. The van der Waals surface area contributed by atoms with Crippen LogP contribution in [0.15, 0.2) is 48.6 Å². The predicted octanol–water partition coefficient (Wildman–Crippen LogP) is 23.3. The number of nitrogens with one attached hydrogen (secondary N) is 1. The molecule has 0 bridgehead atoms. The highest BCUT2D eigenvalue weighted by atomic mass is 16.3. The summed E-state index contributed by atoms with van der Waals surface area (Å²) in [5.41, 5.74) is 0. The molecule has 0 aromatic rings. The summed E-state index contributed by atoms with van der Waals surface area (Å²) in [6.45, 7) is 4.34. The first-order chi connectivity index (χ1) is 37.2. The maximum absolute atomic E-state index is 12.5. The van der Waals surface area contributed by atoms with E-state index in [-0.39, 0.29) is 12.5 Å². The molecule has 0 heterocycles. The molecule has 4 heteroatoms. The topological polar surface area (TPSA) is 69.6 Å². The molecule has 0 aromatic heterocycles. The molecule has 0 spiro atoms. The van der Waals surface area contributed by atoms with Crippen LogP contribution in [0.3, 0.4) is 0 Å². The van der Waals surface area contributed by atoms with E-state index in [1.54, 1.807) is 6.08 Å². The Hall–Kier alpha value is -1.65. The number of amides is 1. The van der Waals surface area contributed by atoms with Crippen LogP contribution in [0.1, 0.15) is 380 Å². The zero-order chi connectivity index (χ0) is 54.1. The molecule has 0 saturated heterocycles. The Morgan fingerprint density at radius 3 is 0.773 bits per heavy atom. The van der Waals surface area contributed by atoms with Crippen molar-refractivity contribution < 1.29 is 15.0 Å². The minimum Gasteiger partial charge on any atom is -0.394 e. The normalized spacial score (nSPS) is 13.0. The van der Waals surface area contributed by atoms with Crippen LogP contribution in [0.4, 0.5) is 0 Å². The second kappa shape index (κ2) is 66.6. The average Bonchev–Trinajstić information content (AvgIpc) is 3.41. The molecule has 2 unspecified atom stereocenters. The van der Waals surface area contributed by atoms with Crippen LogP contribution in [0.5, 0.6) is 0 Å². The van der Waals surface area contributed by atoms with E-state index in [2.05, 4.69) is 55.6 Å². The van der Waals surface area contributed by atoms with Crippen LogP contribution in [-0.4, -0.2) is 34.9 Å². The van der Waals surface area contributed by atoms with E-state index >= 15 is 0 Å². The number of rotatable bonds is 64. The Labute approximate surface area is 471 Å². The van der Waals surface area contributed by atoms with Crippen LogP contribution in [0.2, 0.25) is 0 Å². The number of carbonyl (C=O) groups is 1. The molecule has 2 atom stereocenters. The van der Waals surface area contributed by atoms with Gasteiger partial charge in [-0.3, -0.25) is 4.79 Å². The quantitative estimate of drug-likeness (QED) is 0.0420. The zero-order valence-electron chi connectivity index (χ0n) is 51.1. The van der Waals surface area contributed by atoms with E-state index in [4.69, 9.17) is 0 Å². The lowest BCUT2D eigenvalue weighted by molar-refractivity contribution is -0.123. The van der Waals surface area contributed by atoms with E-state index in [1.165, 1.54) is 321 Å². The van der Waals surface area contributed by atoms with Gasteiger partial charge in [-0.1, -0.05) is 351 Å². The van der Waals surface area contributed by atoms with Crippen molar-refractivity contribution in [3.8, 4) is 0 Å². The molecule has 0 aromatic carbocycles. The minimum atomic E-state index is -0.872. The van der Waals surface area contributed by atoms with Crippen LogP contribution in [-0.2, 0) is 4.79 Å². The maximum Gasteiger partial charge on any atom is 0.220 e. The number of aliphatic hydroxyl groups excluding tert-OH is 2. The average molecular weight is 1050 g/mol. The fourth-order valence-electron chi connectivity index (χ4n) is 10.8. The summed E-state index contributed by atoms with van der Waals surface area (Å²) in [6, 6.07) is -0.647. The van der Waals surface area contributed by atoms with Gasteiger partial charge in [0.2, 0.25) is 5.91 Å². The van der Waals surface area contributed by atoms with Gasteiger partial charge in [-0.25, -0.2) is 0 Å². The van der Waals surface area contributed by atoms with E-state index in [0.717, 1.165) is 38.5 Å². The Morgan fingerprint density at radius 2 is 0.520 bits per heavy atom. The second-order valence-electron chi connectivity index (χ2n) is 23.6. The molecule has 0 fully saturated rings. The van der Waals surface area contributed by atoms with Gasteiger partial charge in [-0.05, 0) is 70.6 Å². The standard InChI is InChI=1S/C71H135NO3/c1-3-5-7-9-11-13-15-17-19-21-23-25-27-29-31-33-35-36-37-39-41-43-45-47-49-51-53-55-57-59-61-63-65-67-71(75)72-69(68-73)70(74)66-64-62-60-58-56-54-52-50-48-46-44-42-40-38-34-32-30-28-26-24-22-20-18-16-14-12-10-8-6-4-2/h21,23,48,50,56,58,64,66,69-70,73-74H,3-20,22,24-47,49,51-55,57,59-63,65,67-68H2,1-2H3,(H,72,75)/b23-21-,50-48+,58-56+,66-64+. The van der Waals surface area contributed by atoms with E-state index < -0.39 is 12.1 Å². The monoisotopic (exact) mass is 1050 g/mol. The molecule has 0 aliphatic carbocycles. The summed E-state index contributed by atoms with van der Waals surface area (Å²) in [7, 11) is 0. The highest BCUT2D eigenvalue weighted by molar-refractivity contribution is 5.76. The van der Waals surface area contributed by atoms with Gasteiger partial charge in [0.05, 0.1) is 18.8 Å². The van der Waals surface area contributed by atoms with E-state index in [9.17, 15) is 15.0 Å². The smallest absolute Gasteiger partial charge is 0.220 e. The van der Waals surface area contributed by atoms with Crippen molar-refractivity contribution in [1.82, 2.24) is 5.32 Å². The van der Waals surface area contributed by atoms with Crippen LogP contribution in [0.25, 0.3) is 0 Å². The highest BCUT2D eigenvalue weighted by Gasteiger charge is 2.18. The van der Waals surface area contributed by atoms with Crippen LogP contribution >= 0.6 is 0 Å². The Kier molecular flexibility index (Phi) is 65.2. The van der Waals surface area contributed by atoms with Crippen molar-refractivity contribution in [3.05, 3.63) is 48.6 Å². The number of allylic oxidation sites excluding steroid dienone is 7. The first-order valence-corrected chi connectivity index (χ1v) is 34.4. The van der Waals surface area contributed by atoms with Crippen molar-refractivity contribution in [2.75, 3.05) is 6.61 Å². The number of hydrogen-bond donors (Lipinski definition) is 3. The molecule has 0 rings (SSSR count). The Balaban J connectivity index is 3.47. The molecule has 442 valence electrons. The lowest BCUT2D eigenvalue weighted by Gasteiger charge is -2.19. The number of carbonyl (C=O) groups excluding carboxylic acids is 1. The molecule has 1 amide bonds.